The van der Waals surface area contributed by atoms with Crippen LogP contribution in [-0.4, -0.2) is 12.2 Å². The van der Waals surface area contributed by atoms with Crippen molar-refractivity contribution in [3.63, 3.8) is 0 Å². The maximum absolute atomic E-state index is 14.0. The molecule has 5 heteroatoms. The Morgan fingerprint density at radius 1 is 1.10 bits per heavy atom. The molecular weight excluding hydrogens is 276 g/mol. The van der Waals surface area contributed by atoms with E-state index >= 15 is 0 Å². The molecule has 1 saturated heterocycles. The monoisotopic (exact) mass is 285 g/mol. The summed E-state index contributed by atoms with van der Waals surface area (Å²) in [6.45, 7) is 0. The summed E-state index contributed by atoms with van der Waals surface area (Å²) >= 11 is 0. The summed E-state index contributed by atoms with van der Waals surface area (Å²) in [6.07, 6.45) is 0.283. The average molecular weight is 285 g/mol. The van der Waals surface area contributed by atoms with Crippen LogP contribution in [0.25, 0.3) is 0 Å². The van der Waals surface area contributed by atoms with Gasteiger partial charge in [0, 0.05) is 5.92 Å². The van der Waals surface area contributed by atoms with Gasteiger partial charge in [-0.2, -0.15) is 5.26 Å². The van der Waals surface area contributed by atoms with E-state index in [1.165, 1.54) is 24.3 Å². The van der Waals surface area contributed by atoms with Gasteiger partial charge in [0.1, 0.15) is 5.75 Å². The molecule has 0 N–H and O–H groups in total. The second kappa shape index (κ2) is 4.27. The summed E-state index contributed by atoms with van der Waals surface area (Å²) in [5.74, 6) is -1.62. The first-order valence-electron chi connectivity index (χ1n) is 6.50. The van der Waals surface area contributed by atoms with Crippen LogP contribution in [0.5, 0.6) is 11.5 Å². The van der Waals surface area contributed by atoms with E-state index in [1.807, 2.05) is 6.07 Å². The highest BCUT2D eigenvalue weighted by Gasteiger charge is 2.68. The third-order valence-corrected chi connectivity index (χ3v) is 3.72. The van der Waals surface area contributed by atoms with Gasteiger partial charge in [-0.05, 0) is 35.9 Å². The highest BCUT2D eigenvalue weighted by Crippen LogP contribution is 2.60. The van der Waals surface area contributed by atoms with Gasteiger partial charge in [-0.25, -0.2) is 8.78 Å². The SMILES string of the molecule is N#Cc1cccc(Oc2c(F)cc(C3C4OC43)cc2F)c1. The van der Waals surface area contributed by atoms with Crippen LogP contribution in [0.15, 0.2) is 36.4 Å². The summed E-state index contributed by atoms with van der Waals surface area (Å²) in [4.78, 5) is 0. The van der Waals surface area contributed by atoms with Gasteiger partial charge in [0.15, 0.2) is 17.4 Å². The fourth-order valence-electron chi connectivity index (χ4n) is 2.47. The van der Waals surface area contributed by atoms with Crippen molar-refractivity contribution >= 4 is 0 Å². The molecule has 0 bridgehead atoms. The molecule has 2 atom stereocenters. The molecule has 2 fully saturated rings. The number of benzene rings is 2. The molecule has 0 amide bonds. The van der Waals surface area contributed by atoms with Crippen LogP contribution in [0.2, 0.25) is 0 Å². The highest BCUT2D eigenvalue weighted by molar-refractivity contribution is 5.44. The van der Waals surface area contributed by atoms with Gasteiger partial charge >= 0.3 is 0 Å². The molecule has 1 heterocycles. The molecule has 104 valence electrons. The van der Waals surface area contributed by atoms with Crippen molar-refractivity contribution in [1.82, 2.24) is 0 Å². The molecule has 1 saturated carbocycles. The minimum atomic E-state index is -0.751. The van der Waals surface area contributed by atoms with Gasteiger partial charge in [-0.15, -0.1) is 0 Å². The molecule has 2 unspecified atom stereocenters. The second-order valence-electron chi connectivity index (χ2n) is 5.15. The first-order chi connectivity index (χ1) is 10.2. The van der Waals surface area contributed by atoms with Gasteiger partial charge < -0.3 is 9.47 Å². The maximum atomic E-state index is 14.0. The summed E-state index contributed by atoms with van der Waals surface area (Å²) < 4.78 is 38.4. The van der Waals surface area contributed by atoms with Crippen molar-refractivity contribution in [3.05, 3.63) is 59.2 Å². The molecule has 2 aromatic rings. The Bertz CT molecular complexity index is 753. The third-order valence-electron chi connectivity index (χ3n) is 3.72. The first-order valence-corrected chi connectivity index (χ1v) is 6.50. The van der Waals surface area contributed by atoms with Crippen molar-refractivity contribution in [2.45, 2.75) is 18.1 Å². The Morgan fingerprint density at radius 3 is 2.38 bits per heavy atom. The van der Waals surface area contributed by atoms with E-state index < -0.39 is 17.4 Å². The van der Waals surface area contributed by atoms with E-state index in [0.29, 0.717) is 11.1 Å². The Labute approximate surface area is 119 Å². The Morgan fingerprint density at radius 2 is 1.81 bits per heavy atom. The van der Waals surface area contributed by atoms with Crippen LogP contribution in [-0.2, 0) is 4.74 Å². The molecule has 4 rings (SSSR count). The number of rotatable bonds is 3. The molecule has 0 radical (unpaired) electrons. The van der Waals surface area contributed by atoms with Gasteiger partial charge in [-0.3, -0.25) is 0 Å². The van der Waals surface area contributed by atoms with E-state index in [4.69, 9.17) is 14.7 Å². The number of nitrogens with zero attached hydrogens (tertiary/aromatic N) is 1. The largest absolute Gasteiger partial charge is 0.451 e. The Balaban J connectivity index is 1.63. The minimum Gasteiger partial charge on any atom is -0.451 e. The number of ether oxygens (including phenoxy) is 2. The summed E-state index contributed by atoms with van der Waals surface area (Å²) in [7, 11) is 0. The lowest BCUT2D eigenvalue weighted by Gasteiger charge is -2.11. The number of fused-ring (bicyclic) bond motifs is 1. The van der Waals surface area contributed by atoms with E-state index in [1.54, 1.807) is 12.1 Å². The fraction of sp³-hybridized carbons (Fsp3) is 0.188. The molecule has 0 spiro atoms. The Kier molecular flexibility index (Phi) is 2.50. The molecule has 2 aliphatic rings. The van der Waals surface area contributed by atoms with Crippen molar-refractivity contribution in [3.8, 4) is 17.6 Å². The van der Waals surface area contributed by atoms with Gasteiger partial charge in [0.05, 0.1) is 23.8 Å². The smallest absolute Gasteiger partial charge is 0.198 e. The van der Waals surface area contributed by atoms with Gasteiger partial charge in [-0.1, -0.05) is 6.07 Å². The topological polar surface area (TPSA) is 45.5 Å². The van der Waals surface area contributed by atoms with Crippen molar-refractivity contribution in [2.75, 3.05) is 0 Å². The summed E-state index contributed by atoms with van der Waals surface area (Å²) in [5, 5.41) is 8.81. The minimum absolute atomic E-state index is 0.116. The van der Waals surface area contributed by atoms with E-state index in [9.17, 15) is 8.78 Å². The zero-order chi connectivity index (χ0) is 14.6. The molecule has 1 aliphatic carbocycles. The standard InChI is InChI=1S/C16H9F2NO2/c17-11-5-9(13-15-16(13)21-15)6-12(18)14(11)20-10-3-1-2-8(4-10)7-19/h1-6,13,15-16H. The van der Waals surface area contributed by atoms with Gasteiger partial charge in [0.25, 0.3) is 0 Å². The second-order valence-corrected chi connectivity index (χ2v) is 5.15. The molecule has 3 nitrogen and oxygen atoms in total. The molecule has 2 aromatic carbocycles. The lowest BCUT2D eigenvalue weighted by molar-refractivity contribution is 0.266. The normalized spacial score (nSPS) is 24.9. The quantitative estimate of drug-likeness (QED) is 0.811. The van der Waals surface area contributed by atoms with Crippen LogP contribution in [0.4, 0.5) is 8.78 Å². The lowest BCUT2D eigenvalue weighted by atomic mass is 10.1. The number of nitriles is 1. The predicted molar refractivity (Wildman–Crippen MR) is 69.0 cm³/mol. The van der Waals surface area contributed by atoms with Crippen LogP contribution in [0.3, 0.4) is 0 Å². The fourth-order valence-corrected chi connectivity index (χ4v) is 2.47. The lowest BCUT2D eigenvalue weighted by Crippen LogP contribution is -1.99. The van der Waals surface area contributed by atoms with Crippen LogP contribution in [0, 0.1) is 23.0 Å². The molecule has 21 heavy (non-hydrogen) atoms. The zero-order valence-corrected chi connectivity index (χ0v) is 10.7. The number of halogens is 2. The summed E-state index contributed by atoms with van der Waals surface area (Å²) in [5.41, 5.74) is 0.963. The molecule has 0 aromatic heterocycles. The van der Waals surface area contributed by atoms with Crippen LogP contribution < -0.4 is 4.74 Å². The number of epoxide rings is 1. The van der Waals surface area contributed by atoms with Crippen molar-refractivity contribution < 1.29 is 18.3 Å². The van der Waals surface area contributed by atoms with Crippen molar-refractivity contribution in [1.29, 1.82) is 5.26 Å². The molecule has 1 aliphatic heterocycles. The first kappa shape index (κ1) is 12.3. The highest BCUT2D eigenvalue weighted by atomic mass is 19.1. The van der Waals surface area contributed by atoms with E-state index in [0.717, 1.165) is 0 Å². The van der Waals surface area contributed by atoms with E-state index in [2.05, 4.69) is 0 Å². The van der Waals surface area contributed by atoms with E-state index in [-0.39, 0.29) is 23.9 Å². The maximum Gasteiger partial charge on any atom is 0.198 e. The summed E-state index contributed by atoms with van der Waals surface area (Å²) in [6, 6.07) is 10.7. The Hall–Kier alpha value is -2.45. The van der Waals surface area contributed by atoms with Gasteiger partial charge in [0.2, 0.25) is 0 Å². The number of hydrogen-bond donors (Lipinski definition) is 0. The third kappa shape index (κ3) is 2.05. The number of hydrogen-bond acceptors (Lipinski definition) is 3. The predicted octanol–water partition coefficient (Wildman–Crippen LogP) is 3.49. The van der Waals surface area contributed by atoms with Crippen molar-refractivity contribution in [2.24, 2.45) is 0 Å². The van der Waals surface area contributed by atoms with Crippen LogP contribution >= 0.6 is 0 Å². The molecular formula is C16H9F2NO2. The van der Waals surface area contributed by atoms with Crippen LogP contribution in [0.1, 0.15) is 17.0 Å². The zero-order valence-electron chi connectivity index (χ0n) is 10.7. The average Bonchev–Trinajstić information content (AvgIpc) is 3.34.